The molecule has 23 heavy (non-hydrogen) atoms. The molecule has 0 aliphatic heterocycles. The molecule has 2 heterocycles. The maximum atomic E-state index is 12.3. The molecule has 1 aromatic carbocycles. The fraction of sp³-hybridized carbons (Fsp3) is 0.235. The molecule has 0 bridgehead atoms. The van der Waals surface area contributed by atoms with Gasteiger partial charge in [0.25, 0.3) is 5.91 Å². The Balaban J connectivity index is 1.67. The number of carbonyl (C=O) groups is 1. The third-order valence-corrected chi connectivity index (χ3v) is 5.44. The summed E-state index contributed by atoms with van der Waals surface area (Å²) in [5, 5.41) is 12.5. The van der Waals surface area contributed by atoms with Crippen LogP contribution in [-0.2, 0) is 12.8 Å². The smallest absolute Gasteiger partial charge is 0.267 e. The van der Waals surface area contributed by atoms with Crippen molar-refractivity contribution in [3.63, 3.8) is 0 Å². The van der Waals surface area contributed by atoms with Crippen LogP contribution in [0, 0.1) is 6.92 Å². The second-order valence-corrected chi connectivity index (χ2v) is 7.48. The number of amides is 1. The Kier molecular flexibility index (Phi) is 4.83. The maximum absolute atomic E-state index is 12.3. The van der Waals surface area contributed by atoms with Crippen LogP contribution in [0.2, 0.25) is 0 Å². The third kappa shape index (κ3) is 3.83. The van der Waals surface area contributed by atoms with Gasteiger partial charge in [-0.3, -0.25) is 10.1 Å². The molecule has 0 radical (unpaired) electrons. The SMILES string of the molecule is CCc1cc(C(=O)Nc2nnc(Cc3ccccc3)s2)sc1C. The lowest BCUT2D eigenvalue weighted by Gasteiger charge is -1.97. The molecule has 1 amide bonds. The molecule has 118 valence electrons. The predicted molar refractivity (Wildman–Crippen MR) is 95.5 cm³/mol. The zero-order valence-electron chi connectivity index (χ0n) is 13.0. The lowest BCUT2D eigenvalue weighted by Crippen LogP contribution is -2.09. The molecular weight excluding hydrogens is 326 g/mol. The number of hydrogen-bond donors (Lipinski definition) is 1. The van der Waals surface area contributed by atoms with Crippen LogP contribution in [0.1, 0.15) is 37.6 Å². The van der Waals surface area contributed by atoms with Gasteiger partial charge in [-0.2, -0.15) is 0 Å². The summed E-state index contributed by atoms with van der Waals surface area (Å²) in [4.78, 5) is 14.2. The number of nitrogens with zero attached hydrogens (tertiary/aromatic N) is 2. The van der Waals surface area contributed by atoms with E-state index in [1.54, 1.807) is 0 Å². The zero-order chi connectivity index (χ0) is 16.2. The first kappa shape index (κ1) is 15.8. The number of nitrogens with one attached hydrogen (secondary N) is 1. The summed E-state index contributed by atoms with van der Waals surface area (Å²) < 4.78 is 0. The van der Waals surface area contributed by atoms with Crippen molar-refractivity contribution in [2.24, 2.45) is 0 Å². The van der Waals surface area contributed by atoms with Crippen molar-refractivity contribution in [3.8, 4) is 0 Å². The average molecular weight is 343 g/mol. The molecule has 0 saturated heterocycles. The Labute approximate surface area is 143 Å². The number of carbonyl (C=O) groups excluding carboxylic acids is 1. The second-order valence-electron chi connectivity index (χ2n) is 5.16. The molecule has 0 aliphatic carbocycles. The van der Waals surface area contributed by atoms with Crippen LogP contribution in [0.3, 0.4) is 0 Å². The standard InChI is InChI=1S/C17H17N3OS2/c1-3-13-10-14(22-11(13)2)16(21)18-17-20-19-15(23-17)9-12-7-5-4-6-8-12/h4-8,10H,3,9H2,1-2H3,(H,18,20,21). The molecule has 1 N–H and O–H groups in total. The van der Waals surface area contributed by atoms with Crippen LogP contribution in [0.25, 0.3) is 0 Å². The van der Waals surface area contributed by atoms with Gasteiger partial charge in [0, 0.05) is 11.3 Å². The number of hydrogen-bond acceptors (Lipinski definition) is 5. The molecule has 0 fully saturated rings. The van der Waals surface area contributed by atoms with Crippen molar-refractivity contribution in [2.75, 3.05) is 5.32 Å². The molecule has 0 aliphatic rings. The lowest BCUT2D eigenvalue weighted by molar-refractivity contribution is 0.103. The van der Waals surface area contributed by atoms with Gasteiger partial charge in [-0.05, 0) is 30.5 Å². The molecule has 0 atom stereocenters. The summed E-state index contributed by atoms with van der Waals surface area (Å²) in [6, 6.07) is 12.1. The van der Waals surface area contributed by atoms with Gasteiger partial charge in [0.2, 0.25) is 5.13 Å². The van der Waals surface area contributed by atoms with Gasteiger partial charge < -0.3 is 0 Å². The van der Waals surface area contributed by atoms with Gasteiger partial charge in [-0.1, -0.05) is 48.6 Å². The monoisotopic (exact) mass is 343 g/mol. The molecule has 2 aromatic heterocycles. The molecule has 0 saturated carbocycles. The van der Waals surface area contributed by atoms with Crippen LogP contribution in [0.5, 0.6) is 0 Å². The highest BCUT2D eigenvalue weighted by molar-refractivity contribution is 7.16. The summed E-state index contributed by atoms with van der Waals surface area (Å²) in [6.45, 7) is 4.14. The molecule has 6 heteroatoms. The van der Waals surface area contributed by atoms with Crippen LogP contribution in [0.15, 0.2) is 36.4 Å². The number of rotatable bonds is 5. The van der Waals surface area contributed by atoms with E-state index in [1.807, 2.05) is 31.2 Å². The molecule has 4 nitrogen and oxygen atoms in total. The molecule has 3 aromatic rings. The van der Waals surface area contributed by atoms with Crippen molar-refractivity contribution < 1.29 is 4.79 Å². The summed E-state index contributed by atoms with van der Waals surface area (Å²) in [7, 11) is 0. The van der Waals surface area contributed by atoms with E-state index in [9.17, 15) is 4.79 Å². The van der Waals surface area contributed by atoms with Gasteiger partial charge in [0.15, 0.2) is 0 Å². The Morgan fingerprint density at radius 2 is 1.96 bits per heavy atom. The minimum absolute atomic E-state index is 0.111. The van der Waals surface area contributed by atoms with Crippen molar-refractivity contribution in [1.82, 2.24) is 10.2 Å². The summed E-state index contributed by atoms with van der Waals surface area (Å²) in [5.74, 6) is -0.111. The lowest BCUT2D eigenvalue weighted by atomic mass is 10.2. The second kappa shape index (κ2) is 7.02. The Morgan fingerprint density at radius 3 is 2.65 bits per heavy atom. The highest BCUT2D eigenvalue weighted by Gasteiger charge is 2.14. The van der Waals surface area contributed by atoms with E-state index in [0.717, 1.165) is 22.7 Å². The largest absolute Gasteiger partial charge is 0.296 e. The van der Waals surface area contributed by atoms with Crippen molar-refractivity contribution in [1.29, 1.82) is 0 Å². The van der Waals surface area contributed by atoms with Crippen molar-refractivity contribution in [3.05, 3.63) is 62.3 Å². The normalized spacial score (nSPS) is 10.7. The van der Waals surface area contributed by atoms with Gasteiger partial charge in [0.05, 0.1) is 4.88 Å². The van der Waals surface area contributed by atoms with E-state index in [4.69, 9.17) is 0 Å². The van der Waals surface area contributed by atoms with Gasteiger partial charge >= 0.3 is 0 Å². The van der Waals surface area contributed by atoms with Gasteiger partial charge in [0.1, 0.15) is 5.01 Å². The average Bonchev–Trinajstić information content (AvgIpc) is 3.14. The van der Waals surface area contributed by atoms with Crippen LogP contribution in [0.4, 0.5) is 5.13 Å². The number of benzene rings is 1. The highest BCUT2D eigenvalue weighted by atomic mass is 32.1. The number of aryl methyl sites for hydroxylation is 2. The fourth-order valence-electron chi connectivity index (χ4n) is 2.29. The third-order valence-electron chi connectivity index (χ3n) is 3.51. The number of aromatic nitrogens is 2. The number of anilines is 1. The summed E-state index contributed by atoms with van der Waals surface area (Å²) in [5.41, 5.74) is 2.41. The van der Waals surface area contributed by atoms with E-state index in [0.29, 0.717) is 5.13 Å². The van der Waals surface area contributed by atoms with E-state index >= 15 is 0 Å². The molecule has 0 unspecified atom stereocenters. The fourth-order valence-corrected chi connectivity index (χ4v) is 4.07. The van der Waals surface area contributed by atoms with E-state index in [2.05, 4.69) is 34.6 Å². The van der Waals surface area contributed by atoms with Crippen LogP contribution < -0.4 is 5.32 Å². The van der Waals surface area contributed by atoms with E-state index in [-0.39, 0.29) is 5.91 Å². The van der Waals surface area contributed by atoms with E-state index < -0.39 is 0 Å². The van der Waals surface area contributed by atoms with Crippen LogP contribution >= 0.6 is 22.7 Å². The summed E-state index contributed by atoms with van der Waals surface area (Å²) in [6.07, 6.45) is 1.67. The van der Waals surface area contributed by atoms with Gasteiger partial charge in [-0.25, -0.2) is 0 Å². The molecule has 3 rings (SSSR count). The maximum Gasteiger partial charge on any atom is 0.267 e. The number of thiophene rings is 1. The summed E-state index contributed by atoms with van der Waals surface area (Å²) >= 11 is 2.94. The van der Waals surface area contributed by atoms with Crippen molar-refractivity contribution in [2.45, 2.75) is 26.7 Å². The van der Waals surface area contributed by atoms with Crippen LogP contribution in [-0.4, -0.2) is 16.1 Å². The first-order valence-electron chi connectivity index (χ1n) is 7.42. The van der Waals surface area contributed by atoms with Gasteiger partial charge in [-0.15, -0.1) is 21.5 Å². The predicted octanol–water partition coefficient (Wildman–Crippen LogP) is 4.31. The van der Waals surface area contributed by atoms with Crippen molar-refractivity contribution >= 4 is 33.7 Å². The quantitative estimate of drug-likeness (QED) is 0.751. The highest BCUT2D eigenvalue weighted by Crippen LogP contribution is 2.24. The first-order valence-corrected chi connectivity index (χ1v) is 9.06. The first-order chi connectivity index (χ1) is 11.2. The topological polar surface area (TPSA) is 54.9 Å². The molecular formula is C17H17N3OS2. The Hall–Kier alpha value is -2.05. The minimum atomic E-state index is -0.111. The molecule has 0 spiro atoms. The van der Waals surface area contributed by atoms with E-state index in [1.165, 1.54) is 38.7 Å². The Morgan fingerprint density at radius 1 is 1.17 bits per heavy atom. The Bertz CT molecular complexity index is 808. The minimum Gasteiger partial charge on any atom is -0.296 e. The zero-order valence-corrected chi connectivity index (χ0v) is 14.6.